The van der Waals surface area contributed by atoms with Gasteiger partial charge in [0.1, 0.15) is 47.2 Å². The minimum absolute atomic E-state index is 0.0680. The van der Waals surface area contributed by atoms with Crippen LogP contribution in [0.25, 0.3) is 0 Å². The standard InChI is InChI=1S/4C24H28N2O4S/c4*1-3-23(29)26-20(24(30)25-16-21(27)18-10-6-4-7-11-18)14-15-31(2)17-22(28)19-12-8-5-9-13-19/h4*4-13,20H,3,14-17H2,1-2H3,(H-,25,26,29,30)/p+4/i5+1,8+1,9+1,12+1,13+1,17+1,19+1,22+1;5+1,8+1,9+1,12+1,13+1,16+1,19+1,21+1;4+1,6+1,7+1,10+1,11+1,17+1,18+1,22+1;4+1,6+1,7+1,10+1,11+1,16+1,18+1,21+1. The molecule has 0 fully saturated rings. The van der Waals surface area contributed by atoms with Gasteiger partial charge < -0.3 is 42.5 Å². The number of rotatable bonds is 48. The molecule has 656 valence electrons. The predicted molar refractivity (Wildman–Crippen MR) is 498 cm³/mol. The van der Waals surface area contributed by atoms with Crippen molar-refractivity contribution in [3.63, 3.8) is 0 Å². The van der Waals surface area contributed by atoms with Crippen LogP contribution in [-0.2, 0) is 81.9 Å². The molecule has 0 spiro atoms. The summed E-state index contributed by atoms with van der Waals surface area (Å²) in [6, 6.07) is 68.4. The zero-order valence-electron chi connectivity index (χ0n) is 71.7. The van der Waals surface area contributed by atoms with E-state index in [4.69, 9.17) is 0 Å². The number of ketones is 8. The Hall–Kier alpha value is -11.7. The second-order valence-corrected chi connectivity index (χ2v) is 37.8. The Balaban J connectivity index is 0.000000294. The zero-order chi connectivity index (χ0) is 90.6. The third-order valence-electron chi connectivity index (χ3n) is 18.9. The maximum absolute atomic E-state index is 12.6. The summed E-state index contributed by atoms with van der Waals surface area (Å²) < 4.78 is 0. The molecule has 8 aromatic rings. The first kappa shape index (κ1) is 103. The molecular formula is C96H116N8O16S4+4. The molecule has 0 saturated heterocycles. The van der Waals surface area contributed by atoms with Gasteiger partial charge in [0.05, 0.1) is 51.2 Å². The molecule has 0 aromatic heterocycles. The number of Topliss-reactive ketones (excluding diaryl/α,β-unsaturated/α-hetero) is 8. The Morgan fingerprint density at radius 2 is 0.355 bits per heavy atom. The van der Waals surface area contributed by atoms with Crippen LogP contribution in [0.3, 0.4) is 0 Å². The number of benzene rings is 8. The van der Waals surface area contributed by atoms with Crippen LogP contribution in [0.2, 0.25) is 0 Å². The van der Waals surface area contributed by atoms with Crippen LogP contribution in [0.5, 0.6) is 0 Å². The van der Waals surface area contributed by atoms with Crippen molar-refractivity contribution >= 4 is 137 Å². The van der Waals surface area contributed by atoms with Gasteiger partial charge in [0.25, 0.3) is 0 Å². The van der Waals surface area contributed by atoms with Crippen molar-refractivity contribution in [3.8, 4) is 0 Å². The summed E-state index contributed by atoms with van der Waals surface area (Å²) in [5.74, 6) is 1.06. The lowest BCUT2D eigenvalue weighted by Crippen LogP contribution is -2.48. The van der Waals surface area contributed by atoms with E-state index in [1.807, 2.05) is 122 Å². The molecule has 24 nitrogen and oxygen atoms in total. The quantitative estimate of drug-likeness (QED) is 0.00999. The number of carbonyl (C=O) groups is 16. The lowest BCUT2D eigenvalue weighted by Gasteiger charge is -2.17. The van der Waals surface area contributed by atoms with Gasteiger partial charge in [0.15, 0.2) is 46.1 Å². The van der Waals surface area contributed by atoms with Crippen LogP contribution >= 0.6 is 0 Å². The summed E-state index contributed by atoms with van der Waals surface area (Å²) in [5, 5.41) is 21.4. The zero-order valence-corrected chi connectivity index (χ0v) is 75.0. The van der Waals surface area contributed by atoms with Gasteiger partial charge in [-0.3, -0.25) is 76.7 Å². The summed E-state index contributed by atoms with van der Waals surface area (Å²) in [6.45, 7) is 6.32. The Morgan fingerprint density at radius 1 is 0.218 bits per heavy atom. The van der Waals surface area contributed by atoms with Gasteiger partial charge in [-0.05, 0) is 43.6 Å². The number of amides is 8. The lowest BCUT2D eigenvalue weighted by atomic mass is 10.1. The molecule has 0 aliphatic heterocycles. The van der Waals surface area contributed by atoms with Crippen LogP contribution in [0.15, 0.2) is 243 Å². The summed E-state index contributed by atoms with van der Waals surface area (Å²) in [7, 11) is -0.979. The molecule has 124 heavy (non-hydrogen) atoms. The maximum atomic E-state index is 12.6. The molecule has 0 aliphatic carbocycles. The number of hydrogen-bond donors (Lipinski definition) is 8. The molecule has 0 heterocycles. The highest BCUT2D eigenvalue weighted by Crippen LogP contribution is 2.14. The van der Waals surface area contributed by atoms with Crippen LogP contribution in [0.4, 0.5) is 0 Å². The van der Waals surface area contributed by atoms with E-state index in [1.54, 1.807) is 173 Å². The van der Waals surface area contributed by atoms with Gasteiger partial charge in [0, 0.05) is 95.9 Å². The topological polar surface area (TPSA) is 369 Å². The monoisotopic (exact) mass is 1800 g/mol. The molecule has 8 N–H and O–H groups in total. The van der Waals surface area contributed by atoms with E-state index in [0.29, 0.717) is 116 Å². The third-order valence-corrected chi connectivity index (χ3v) is 25.6. The second kappa shape index (κ2) is 58.4. The smallest absolute Gasteiger partial charge is 0.243 e. The fourth-order valence-electron chi connectivity index (χ4n) is 11.6. The van der Waals surface area contributed by atoms with Crippen molar-refractivity contribution in [2.24, 2.45) is 0 Å². The van der Waals surface area contributed by atoms with Crippen molar-refractivity contribution < 1.29 is 76.7 Å². The normalized spacial score (nSPS) is 12.5. The minimum atomic E-state index is -0.738. The molecule has 28 heteroatoms. The largest absolute Gasteiger partial charge is 0.347 e. The molecule has 0 aliphatic rings. The molecule has 8 atom stereocenters. The first-order chi connectivity index (χ1) is 59.6. The Kier molecular flexibility index (Phi) is 48.4. The van der Waals surface area contributed by atoms with E-state index in [9.17, 15) is 76.7 Å². The maximum Gasteiger partial charge on any atom is 0.243 e. The molecule has 8 unspecified atom stereocenters. The summed E-state index contributed by atoms with van der Waals surface area (Å²) in [4.78, 5) is 197. The van der Waals surface area contributed by atoms with E-state index < -0.39 is 47.8 Å². The van der Waals surface area contributed by atoms with E-state index in [0.717, 1.165) is 0 Å². The molecule has 8 rings (SSSR count). The molecule has 8 amide bonds. The third kappa shape index (κ3) is 40.5. The van der Waals surface area contributed by atoms with Gasteiger partial charge >= 0.3 is 0 Å². The van der Waals surface area contributed by atoms with Crippen LogP contribution in [-0.4, -0.2) is 215 Å². The highest BCUT2D eigenvalue weighted by Gasteiger charge is 2.31. The fraction of sp³-hybridized carbons (Fsp3) is 0.333. The van der Waals surface area contributed by atoms with E-state index in [-0.39, 0.29) is 165 Å². The van der Waals surface area contributed by atoms with Crippen LogP contribution in [0.1, 0.15) is 162 Å². The molecule has 0 bridgehead atoms. The molecular weight excluding hydrogens is 1680 g/mol. The Bertz CT molecular complexity index is 4140. The molecule has 8 aromatic carbocycles. The van der Waals surface area contributed by atoms with Crippen LogP contribution < -0.4 is 42.5 Å². The number of hydrogen-bond acceptors (Lipinski definition) is 16. The minimum Gasteiger partial charge on any atom is -0.347 e. The highest BCUT2D eigenvalue weighted by molar-refractivity contribution is 7.97. The second-order valence-electron chi connectivity index (χ2n) is 28.8. The van der Waals surface area contributed by atoms with E-state index >= 15 is 0 Å². The average Bonchev–Trinajstić information content (AvgIpc) is 0.897. The summed E-state index contributed by atoms with van der Waals surface area (Å²) >= 11 is 0. The first-order valence-electron chi connectivity index (χ1n) is 40.9. The highest BCUT2D eigenvalue weighted by atomic mass is 32.2. The van der Waals surface area contributed by atoms with Crippen LogP contribution in [0, 0.1) is 0 Å². The lowest BCUT2D eigenvalue weighted by molar-refractivity contribution is -0.128. The Morgan fingerprint density at radius 3 is 0.492 bits per heavy atom. The van der Waals surface area contributed by atoms with Crippen molar-refractivity contribution in [1.29, 1.82) is 0 Å². The SMILES string of the molecule is CCC(=O)NC(CC[S+](C)CC(=O)[13c]1[13cH][13cH][13cH][13cH][13cH]1)C(=O)N[13CH2][13C](=O)c1ccccc1.CCC(=O)NC(CC[S+](C)CC(=O)c1ccccc1)C(=O)N[13CH2][13C](=O)[13c]1[13cH][13cH][13cH][13cH][13cH]1.CCC(=O)NC(CC[S+](C)[13CH2][13C](=O)[13c]1[13cH][13cH][13cH][13cH][13cH]1)C(=O)NCC(=O)c1ccccc1.CCC(=O)NC(CC[S+](C)[13CH2][13C](=O)c1ccccc1)C(=O)NCC(=O)[13c]1[13cH][13cH][13cH][13cH][13cH]1. The first-order valence-corrected chi connectivity index (χ1v) is 48.8. The molecule has 0 saturated carbocycles. The average molecular weight is 1800 g/mol. The number of nitrogens with one attached hydrogen (secondary N) is 8. The fourth-order valence-corrected chi connectivity index (χ4v) is 17.2. The summed E-state index contributed by atoms with van der Waals surface area (Å²) in [6.07, 6.45) is 10.6. The van der Waals surface area contributed by atoms with Crippen molar-refractivity contribution in [1.82, 2.24) is 42.5 Å². The predicted octanol–water partition coefficient (Wildman–Crippen LogP) is 9.61. The number of carbonyl (C=O) groups excluding carboxylic acids is 16. The Labute approximate surface area is 739 Å². The van der Waals surface area contributed by atoms with Gasteiger partial charge in [-0.25, -0.2) is 0 Å². The van der Waals surface area contributed by atoms with Crippen molar-refractivity contribution in [3.05, 3.63) is 287 Å². The summed E-state index contributed by atoms with van der Waals surface area (Å²) in [5.41, 5.74) is 4.78. The van der Waals surface area contributed by atoms with Crippen molar-refractivity contribution in [2.45, 2.75) is 103 Å². The van der Waals surface area contributed by atoms with Gasteiger partial charge in [0.2, 0.25) is 70.4 Å². The van der Waals surface area contributed by atoms with E-state index in [2.05, 4.69) is 42.5 Å². The molecule has 0 radical (unpaired) electrons. The van der Waals surface area contributed by atoms with Gasteiger partial charge in [-0.1, -0.05) is 270 Å². The van der Waals surface area contributed by atoms with E-state index in [1.165, 1.54) is 0 Å². The van der Waals surface area contributed by atoms with Crippen molar-refractivity contribution in [2.75, 3.05) is 97.2 Å². The van der Waals surface area contributed by atoms with Gasteiger partial charge in [-0.15, -0.1) is 0 Å². The van der Waals surface area contributed by atoms with Gasteiger partial charge in [-0.2, -0.15) is 0 Å².